The Labute approximate surface area is 135 Å². The summed E-state index contributed by atoms with van der Waals surface area (Å²) in [6, 6.07) is 7.68. The number of carbonyl (C=O) groups excluding carboxylic acids is 2. The molecule has 124 valence electrons. The molecule has 0 radical (unpaired) electrons. The van der Waals surface area contributed by atoms with Gasteiger partial charge in [0.1, 0.15) is 18.1 Å². The number of likely N-dealkylation sites (tertiary alicyclic amines) is 1. The van der Waals surface area contributed by atoms with Gasteiger partial charge in [-0.1, -0.05) is 0 Å². The fraction of sp³-hybridized carbons (Fsp3) is 0.529. The largest absolute Gasteiger partial charge is 0.497 e. The van der Waals surface area contributed by atoms with Gasteiger partial charge in [-0.15, -0.1) is 0 Å². The van der Waals surface area contributed by atoms with Crippen molar-refractivity contribution in [2.75, 3.05) is 26.8 Å². The van der Waals surface area contributed by atoms with Gasteiger partial charge in [0.05, 0.1) is 19.6 Å². The van der Waals surface area contributed by atoms with Crippen molar-refractivity contribution in [3.05, 3.63) is 24.3 Å². The average Bonchev–Trinajstić information content (AvgIpc) is 3.34. The van der Waals surface area contributed by atoms with Crippen LogP contribution in [0.15, 0.2) is 24.3 Å². The Morgan fingerprint density at radius 1 is 1.26 bits per heavy atom. The summed E-state index contributed by atoms with van der Waals surface area (Å²) in [4.78, 5) is 25.8. The number of carbonyl (C=O) groups is 2. The van der Waals surface area contributed by atoms with Crippen LogP contribution in [0.1, 0.15) is 19.3 Å². The van der Waals surface area contributed by atoms with E-state index in [-0.39, 0.29) is 17.7 Å². The first-order chi connectivity index (χ1) is 11.2. The third kappa shape index (κ3) is 3.94. The first kappa shape index (κ1) is 15.6. The first-order valence-corrected chi connectivity index (χ1v) is 8.01. The molecule has 1 aliphatic carbocycles. The lowest BCUT2D eigenvalue weighted by molar-refractivity contribution is -0.129. The van der Waals surface area contributed by atoms with Crippen LogP contribution in [-0.2, 0) is 9.59 Å². The molecule has 0 spiro atoms. The highest BCUT2D eigenvalue weighted by molar-refractivity contribution is 5.89. The van der Waals surface area contributed by atoms with Crippen molar-refractivity contribution in [2.45, 2.75) is 25.3 Å². The lowest BCUT2D eigenvalue weighted by Crippen LogP contribution is -2.35. The van der Waals surface area contributed by atoms with Gasteiger partial charge < -0.3 is 19.7 Å². The van der Waals surface area contributed by atoms with E-state index >= 15 is 0 Å². The summed E-state index contributed by atoms with van der Waals surface area (Å²) in [5.74, 6) is 1.35. The Hall–Kier alpha value is -2.24. The molecule has 2 amide bonds. The zero-order chi connectivity index (χ0) is 16.2. The molecule has 1 aromatic carbocycles. The van der Waals surface area contributed by atoms with E-state index in [1.807, 2.05) is 29.2 Å². The van der Waals surface area contributed by atoms with Crippen LogP contribution in [-0.4, -0.2) is 49.6 Å². The van der Waals surface area contributed by atoms with Gasteiger partial charge in [0.2, 0.25) is 11.8 Å². The molecule has 1 aromatic rings. The molecule has 1 heterocycles. The molecule has 2 fully saturated rings. The zero-order valence-corrected chi connectivity index (χ0v) is 13.3. The van der Waals surface area contributed by atoms with Crippen LogP contribution in [0.3, 0.4) is 0 Å². The fourth-order valence-electron chi connectivity index (χ4n) is 2.81. The summed E-state index contributed by atoms with van der Waals surface area (Å²) < 4.78 is 10.6. The van der Waals surface area contributed by atoms with Crippen molar-refractivity contribution in [2.24, 2.45) is 5.92 Å². The van der Waals surface area contributed by atoms with E-state index in [1.165, 1.54) is 0 Å². The molecule has 0 bridgehead atoms. The molecule has 0 aromatic heterocycles. The molecule has 6 nitrogen and oxygen atoms in total. The van der Waals surface area contributed by atoms with Crippen LogP contribution < -0.4 is 14.8 Å². The number of rotatable bonds is 7. The van der Waals surface area contributed by atoms with Crippen LogP contribution in [0.2, 0.25) is 0 Å². The molecule has 2 aliphatic rings. The van der Waals surface area contributed by atoms with Crippen molar-refractivity contribution in [1.82, 2.24) is 10.2 Å². The standard InChI is InChI=1S/C17H22N2O4/c1-22-14-4-6-15(7-5-14)23-9-8-18-17(21)12-10-16(20)19(11-12)13-2-3-13/h4-7,12-13H,2-3,8-11H2,1H3,(H,18,21). The molecule has 3 rings (SSSR count). The molecule has 1 N–H and O–H groups in total. The van der Waals surface area contributed by atoms with Gasteiger partial charge in [0.25, 0.3) is 0 Å². The van der Waals surface area contributed by atoms with Crippen LogP contribution >= 0.6 is 0 Å². The number of benzene rings is 1. The third-order valence-corrected chi connectivity index (χ3v) is 4.25. The summed E-state index contributed by atoms with van der Waals surface area (Å²) >= 11 is 0. The van der Waals surface area contributed by atoms with Gasteiger partial charge in [-0.25, -0.2) is 0 Å². The predicted octanol–water partition coefficient (Wildman–Crippen LogP) is 1.20. The minimum atomic E-state index is -0.218. The van der Waals surface area contributed by atoms with E-state index in [9.17, 15) is 9.59 Å². The topological polar surface area (TPSA) is 67.9 Å². The SMILES string of the molecule is COc1ccc(OCCNC(=O)C2CC(=O)N(C3CC3)C2)cc1. The number of nitrogens with one attached hydrogen (secondary N) is 1. The predicted molar refractivity (Wildman–Crippen MR) is 84.3 cm³/mol. The van der Waals surface area contributed by atoms with Crippen molar-refractivity contribution in [3.8, 4) is 11.5 Å². The highest BCUT2D eigenvalue weighted by atomic mass is 16.5. The van der Waals surface area contributed by atoms with Crippen molar-refractivity contribution in [1.29, 1.82) is 0 Å². The van der Waals surface area contributed by atoms with Crippen LogP contribution in [0.25, 0.3) is 0 Å². The Balaban J connectivity index is 1.36. The minimum absolute atomic E-state index is 0.0557. The van der Waals surface area contributed by atoms with Crippen molar-refractivity contribution >= 4 is 11.8 Å². The number of ether oxygens (including phenoxy) is 2. The van der Waals surface area contributed by atoms with Gasteiger partial charge in [0, 0.05) is 19.0 Å². The number of hydrogen-bond donors (Lipinski definition) is 1. The second kappa shape index (κ2) is 6.89. The molecule has 1 atom stereocenters. The number of amides is 2. The van der Waals surface area contributed by atoms with E-state index in [4.69, 9.17) is 9.47 Å². The molecule has 1 saturated carbocycles. The molecular formula is C17H22N2O4. The molecular weight excluding hydrogens is 296 g/mol. The van der Waals surface area contributed by atoms with Crippen molar-refractivity contribution < 1.29 is 19.1 Å². The number of nitrogens with zero attached hydrogens (tertiary/aromatic N) is 1. The number of methoxy groups -OCH3 is 1. The molecule has 1 aliphatic heterocycles. The van der Waals surface area contributed by atoms with E-state index in [0.29, 0.717) is 32.2 Å². The molecule has 1 unspecified atom stereocenters. The van der Waals surface area contributed by atoms with E-state index in [1.54, 1.807) is 7.11 Å². The first-order valence-electron chi connectivity index (χ1n) is 8.01. The lowest BCUT2D eigenvalue weighted by Gasteiger charge is -2.15. The van der Waals surface area contributed by atoms with Crippen molar-refractivity contribution in [3.63, 3.8) is 0 Å². The Morgan fingerprint density at radius 2 is 1.96 bits per heavy atom. The highest BCUT2D eigenvalue weighted by Crippen LogP contribution is 2.32. The second-order valence-electron chi connectivity index (χ2n) is 5.99. The maximum absolute atomic E-state index is 12.1. The summed E-state index contributed by atoms with van der Waals surface area (Å²) in [5.41, 5.74) is 0. The summed E-state index contributed by atoms with van der Waals surface area (Å²) in [5, 5.41) is 2.85. The summed E-state index contributed by atoms with van der Waals surface area (Å²) in [7, 11) is 1.61. The van der Waals surface area contributed by atoms with Gasteiger partial charge >= 0.3 is 0 Å². The summed E-state index contributed by atoms with van der Waals surface area (Å²) in [6.45, 7) is 1.39. The Bertz CT molecular complexity index is 568. The zero-order valence-electron chi connectivity index (χ0n) is 13.3. The maximum atomic E-state index is 12.1. The average molecular weight is 318 g/mol. The quantitative estimate of drug-likeness (QED) is 0.767. The Kier molecular flexibility index (Phi) is 4.69. The van der Waals surface area contributed by atoms with Gasteiger partial charge in [-0.05, 0) is 37.1 Å². The summed E-state index contributed by atoms with van der Waals surface area (Å²) in [6.07, 6.45) is 2.49. The fourth-order valence-corrected chi connectivity index (χ4v) is 2.81. The van der Waals surface area contributed by atoms with Crippen LogP contribution in [0.4, 0.5) is 0 Å². The normalized spacial score (nSPS) is 20.5. The van der Waals surface area contributed by atoms with E-state index in [0.717, 1.165) is 24.3 Å². The smallest absolute Gasteiger partial charge is 0.225 e. The highest BCUT2D eigenvalue weighted by Gasteiger charge is 2.41. The van der Waals surface area contributed by atoms with Crippen LogP contribution in [0, 0.1) is 5.92 Å². The van der Waals surface area contributed by atoms with E-state index in [2.05, 4.69) is 5.32 Å². The maximum Gasteiger partial charge on any atom is 0.225 e. The second-order valence-corrected chi connectivity index (χ2v) is 5.99. The Morgan fingerprint density at radius 3 is 2.61 bits per heavy atom. The lowest BCUT2D eigenvalue weighted by atomic mass is 10.1. The van der Waals surface area contributed by atoms with Crippen LogP contribution in [0.5, 0.6) is 11.5 Å². The van der Waals surface area contributed by atoms with Gasteiger partial charge in [-0.2, -0.15) is 0 Å². The van der Waals surface area contributed by atoms with Gasteiger partial charge in [-0.3, -0.25) is 9.59 Å². The molecule has 6 heteroatoms. The van der Waals surface area contributed by atoms with Gasteiger partial charge in [0.15, 0.2) is 0 Å². The molecule has 1 saturated heterocycles. The monoisotopic (exact) mass is 318 g/mol. The molecule has 23 heavy (non-hydrogen) atoms. The third-order valence-electron chi connectivity index (χ3n) is 4.25. The number of hydrogen-bond acceptors (Lipinski definition) is 4. The minimum Gasteiger partial charge on any atom is -0.497 e. The van der Waals surface area contributed by atoms with E-state index < -0.39 is 0 Å².